The number of carbonyl (C=O) groups excluding carboxylic acids is 1. The van der Waals surface area contributed by atoms with Crippen molar-refractivity contribution < 1.29 is 13.9 Å². The molecule has 1 fully saturated rings. The maximum absolute atomic E-state index is 12.3. The number of furan rings is 1. The van der Waals surface area contributed by atoms with Crippen molar-refractivity contribution in [1.82, 2.24) is 10.2 Å². The predicted molar refractivity (Wildman–Crippen MR) is 90.2 cm³/mol. The number of nitrogens with one attached hydrogen (secondary N) is 1. The molecule has 1 N–H and O–H groups in total. The maximum Gasteiger partial charge on any atom is 0.317 e. The first-order chi connectivity index (χ1) is 10.8. The monoisotopic (exact) mass is 322 g/mol. The molecule has 5 nitrogen and oxygen atoms in total. The smallest absolute Gasteiger partial charge is 0.317 e. The van der Waals surface area contributed by atoms with Crippen molar-refractivity contribution in [3.63, 3.8) is 0 Å². The number of hydrogen-bond donors (Lipinski definition) is 1. The van der Waals surface area contributed by atoms with Gasteiger partial charge in [-0.1, -0.05) is 20.8 Å². The van der Waals surface area contributed by atoms with E-state index in [4.69, 9.17) is 9.15 Å². The summed E-state index contributed by atoms with van der Waals surface area (Å²) in [5.74, 6) is 2.03. The molecule has 0 bridgehead atoms. The standard InChI is InChI=1S/C18H30N2O3/c1-13-8-9-15(23-13)12-20(5)17(21)19-11-14-7-6-10-22-16(14)18(2,3)4/h8-9,14,16H,6-7,10-12H2,1-5H3,(H,19,21)/t14-,16-/m1/s1. The van der Waals surface area contributed by atoms with Gasteiger partial charge in [-0.2, -0.15) is 0 Å². The van der Waals surface area contributed by atoms with Gasteiger partial charge in [0.15, 0.2) is 0 Å². The molecular formula is C18H30N2O3. The lowest BCUT2D eigenvalue weighted by Crippen LogP contribution is -2.47. The van der Waals surface area contributed by atoms with Crippen LogP contribution in [-0.2, 0) is 11.3 Å². The zero-order valence-electron chi connectivity index (χ0n) is 15.0. The second-order valence-corrected chi connectivity index (χ2v) is 7.61. The van der Waals surface area contributed by atoms with Crippen LogP contribution in [0.2, 0.25) is 0 Å². The maximum atomic E-state index is 12.3. The summed E-state index contributed by atoms with van der Waals surface area (Å²) < 4.78 is 11.5. The third-order valence-electron chi connectivity index (χ3n) is 4.35. The van der Waals surface area contributed by atoms with Crippen molar-refractivity contribution in [2.75, 3.05) is 20.2 Å². The number of aryl methyl sites for hydroxylation is 1. The van der Waals surface area contributed by atoms with Crippen LogP contribution in [0.15, 0.2) is 16.5 Å². The average molecular weight is 322 g/mol. The Labute approximate surface area is 139 Å². The van der Waals surface area contributed by atoms with Crippen LogP contribution in [0.25, 0.3) is 0 Å². The summed E-state index contributed by atoms with van der Waals surface area (Å²) in [7, 11) is 1.78. The molecule has 1 aliphatic heterocycles. The largest absolute Gasteiger partial charge is 0.464 e. The van der Waals surface area contributed by atoms with E-state index in [1.807, 2.05) is 19.1 Å². The van der Waals surface area contributed by atoms with Gasteiger partial charge in [0.1, 0.15) is 11.5 Å². The van der Waals surface area contributed by atoms with Gasteiger partial charge in [0, 0.05) is 26.1 Å². The predicted octanol–water partition coefficient (Wildman–Crippen LogP) is 3.57. The summed E-state index contributed by atoms with van der Waals surface area (Å²) in [5.41, 5.74) is 0.0907. The van der Waals surface area contributed by atoms with Crippen molar-refractivity contribution >= 4 is 6.03 Å². The number of hydrogen-bond acceptors (Lipinski definition) is 3. The Morgan fingerprint density at radius 3 is 2.74 bits per heavy atom. The van der Waals surface area contributed by atoms with E-state index < -0.39 is 0 Å². The van der Waals surface area contributed by atoms with Crippen LogP contribution in [-0.4, -0.2) is 37.2 Å². The van der Waals surface area contributed by atoms with Crippen LogP contribution in [0.3, 0.4) is 0 Å². The molecule has 0 aliphatic carbocycles. The fourth-order valence-corrected chi connectivity index (χ4v) is 3.24. The normalized spacial score (nSPS) is 22.0. The van der Waals surface area contributed by atoms with Gasteiger partial charge in [-0.15, -0.1) is 0 Å². The van der Waals surface area contributed by atoms with E-state index in [0.717, 1.165) is 31.0 Å². The highest BCUT2D eigenvalue weighted by Crippen LogP contribution is 2.33. The Hall–Kier alpha value is -1.49. The lowest BCUT2D eigenvalue weighted by molar-refractivity contribution is -0.0839. The Morgan fingerprint density at radius 2 is 2.13 bits per heavy atom. The molecule has 2 heterocycles. The van der Waals surface area contributed by atoms with Crippen LogP contribution in [0.1, 0.15) is 45.1 Å². The van der Waals surface area contributed by atoms with Crippen LogP contribution in [0, 0.1) is 18.3 Å². The van der Waals surface area contributed by atoms with Crippen molar-refractivity contribution in [3.05, 3.63) is 23.7 Å². The van der Waals surface area contributed by atoms with Crippen LogP contribution >= 0.6 is 0 Å². The van der Waals surface area contributed by atoms with E-state index in [2.05, 4.69) is 26.1 Å². The molecule has 1 aliphatic rings. The molecule has 2 atom stereocenters. The highest BCUT2D eigenvalue weighted by atomic mass is 16.5. The summed E-state index contributed by atoms with van der Waals surface area (Å²) in [6, 6.07) is 3.75. The summed E-state index contributed by atoms with van der Waals surface area (Å²) in [5, 5.41) is 3.05. The van der Waals surface area contributed by atoms with E-state index in [9.17, 15) is 4.79 Å². The second-order valence-electron chi connectivity index (χ2n) is 7.61. The van der Waals surface area contributed by atoms with Gasteiger partial charge in [0.05, 0.1) is 12.6 Å². The third-order valence-corrected chi connectivity index (χ3v) is 4.35. The molecule has 2 amide bonds. The van der Waals surface area contributed by atoms with Gasteiger partial charge in [-0.05, 0) is 37.3 Å². The quantitative estimate of drug-likeness (QED) is 0.922. The number of nitrogens with zero attached hydrogens (tertiary/aromatic N) is 1. The Kier molecular flexibility index (Phi) is 5.74. The Morgan fingerprint density at radius 1 is 1.39 bits per heavy atom. The summed E-state index contributed by atoms with van der Waals surface area (Å²) in [6.45, 7) is 10.4. The van der Waals surface area contributed by atoms with Crippen molar-refractivity contribution in [2.24, 2.45) is 11.3 Å². The number of rotatable bonds is 4. The van der Waals surface area contributed by atoms with Gasteiger partial charge < -0.3 is 19.4 Å². The third kappa shape index (κ3) is 4.99. The molecule has 1 saturated heterocycles. The molecule has 0 unspecified atom stereocenters. The average Bonchev–Trinajstić information content (AvgIpc) is 2.89. The number of ether oxygens (including phenoxy) is 1. The highest BCUT2D eigenvalue weighted by Gasteiger charge is 2.35. The summed E-state index contributed by atoms with van der Waals surface area (Å²) >= 11 is 0. The van der Waals surface area contributed by atoms with Gasteiger partial charge in [-0.25, -0.2) is 4.79 Å². The lowest BCUT2D eigenvalue weighted by atomic mass is 9.78. The summed E-state index contributed by atoms with van der Waals surface area (Å²) in [4.78, 5) is 13.9. The molecule has 0 saturated carbocycles. The van der Waals surface area contributed by atoms with E-state index >= 15 is 0 Å². The van der Waals surface area contributed by atoms with Crippen LogP contribution in [0.4, 0.5) is 4.79 Å². The van der Waals surface area contributed by atoms with Gasteiger partial charge in [0.25, 0.3) is 0 Å². The Balaban J connectivity index is 1.84. The number of amides is 2. The fourth-order valence-electron chi connectivity index (χ4n) is 3.24. The van der Waals surface area contributed by atoms with E-state index in [1.54, 1.807) is 11.9 Å². The minimum atomic E-state index is -0.0720. The topological polar surface area (TPSA) is 54.7 Å². The molecule has 0 aromatic carbocycles. The molecule has 130 valence electrons. The molecule has 5 heteroatoms. The first-order valence-corrected chi connectivity index (χ1v) is 8.43. The van der Waals surface area contributed by atoms with Gasteiger partial charge in [0.2, 0.25) is 0 Å². The minimum absolute atomic E-state index is 0.0720. The van der Waals surface area contributed by atoms with Gasteiger partial charge >= 0.3 is 6.03 Å². The van der Waals surface area contributed by atoms with Crippen molar-refractivity contribution in [2.45, 2.75) is 53.2 Å². The molecule has 0 spiro atoms. The number of urea groups is 1. The SMILES string of the molecule is Cc1ccc(CN(C)C(=O)NC[C@H]2CCCO[C@H]2C(C)(C)C)o1. The number of carbonyl (C=O) groups is 1. The molecule has 1 aromatic rings. The fraction of sp³-hybridized carbons (Fsp3) is 0.722. The van der Waals surface area contributed by atoms with E-state index in [0.29, 0.717) is 19.0 Å². The zero-order valence-corrected chi connectivity index (χ0v) is 15.0. The van der Waals surface area contributed by atoms with E-state index in [1.165, 1.54) is 0 Å². The van der Waals surface area contributed by atoms with E-state index in [-0.39, 0.29) is 17.6 Å². The van der Waals surface area contributed by atoms with Crippen LogP contribution in [0.5, 0.6) is 0 Å². The Bertz CT molecular complexity index is 519. The summed E-state index contributed by atoms with van der Waals surface area (Å²) in [6.07, 6.45) is 2.35. The minimum Gasteiger partial charge on any atom is -0.464 e. The molecule has 23 heavy (non-hydrogen) atoms. The first-order valence-electron chi connectivity index (χ1n) is 8.43. The van der Waals surface area contributed by atoms with Crippen molar-refractivity contribution in [1.29, 1.82) is 0 Å². The van der Waals surface area contributed by atoms with Crippen LogP contribution < -0.4 is 5.32 Å². The molecule has 0 radical (unpaired) electrons. The molecular weight excluding hydrogens is 292 g/mol. The molecule has 2 rings (SSSR count). The van der Waals surface area contributed by atoms with Crippen molar-refractivity contribution in [3.8, 4) is 0 Å². The second kappa shape index (κ2) is 7.39. The highest BCUT2D eigenvalue weighted by molar-refractivity contribution is 5.73. The molecule has 1 aromatic heterocycles. The first kappa shape index (κ1) is 17.9. The van der Waals surface area contributed by atoms with Gasteiger partial charge in [-0.3, -0.25) is 0 Å². The zero-order chi connectivity index (χ0) is 17.0. The lowest BCUT2D eigenvalue weighted by Gasteiger charge is -2.40.